The van der Waals surface area contributed by atoms with Crippen LogP contribution in [0.1, 0.15) is 35.5 Å². The van der Waals surface area contributed by atoms with Crippen molar-refractivity contribution in [3.63, 3.8) is 0 Å². The first-order chi connectivity index (χ1) is 15.2. The van der Waals surface area contributed by atoms with Gasteiger partial charge < -0.3 is 4.74 Å². The molecule has 2 heterocycles. The fourth-order valence-electron chi connectivity index (χ4n) is 3.67. The topological polar surface area (TPSA) is 51.5 Å². The molecule has 0 spiro atoms. The van der Waals surface area contributed by atoms with Crippen molar-refractivity contribution in [1.29, 1.82) is 0 Å². The summed E-state index contributed by atoms with van der Waals surface area (Å²) in [6.45, 7) is 11.6. The summed E-state index contributed by atoms with van der Waals surface area (Å²) in [4.78, 5) is 27.2. The van der Waals surface area contributed by atoms with E-state index in [4.69, 9.17) is 4.74 Å². The number of amides is 1. The van der Waals surface area contributed by atoms with E-state index in [0.717, 1.165) is 17.5 Å². The number of hydrogen-bond donors (Lipinski definition) is 0. The number of benzene rings is 2. The molecule has 0 bridgehead atoms. The quantitative estimate of drug-likeness (QED) is 0.500. The van der Waals surface area contributed by atoms with E-state index in [-0.39, 0.29) is 17.4 Å². The lowest BCUT2D eigenvalue weighted by molar-refractivity contribution is 0.0863. The second kappa shape index (κ2) is 7.92. The zero-order valence-corrected chi connectivity index (χ0v) is 17.6. The van der Waals surface area contributed by atoms with E-state index < -0.39 is 23.6 Å². The van der Waals surface area contributed by atoms with Crippen LogP contribution in [0.15, 0.2) is 67.5 Å². The summed E-state index contributed by atoms with van der Waals surface area (Å²) in [5.41, 5.74) is 2.33. The van der Waals surface area contributed by atoms with Gasteiger partial charge >= 0.3 is 6.09 Å². The van der Waals surface area contributed by atoms with Crippen LogP contribution in [0.2, 0.25) is 0 Å². The van der Waals surface area contributed by atoms with E-state index in [0.29, 0.717) is 22.3 Å². The fourth-order valence-corrected chi connectivity index (χ4v) is 3.67. The van der Waals surface area contributed by atoms with Gasteiger partial charge in [-0.25, -0.2) is 18.1 Å². The van der Waals surface area contributed by atoms with E-state index in [1.54, 1.807) is 32.1 Å². The standard InChI is InChI=1S/C25H20F2N2O3/c1-14(2)32-25(31)29-21-8-6-5-7-18(21)23-15(3)16(4)28(12-11-22(23)29)24(30)17-9-10-19(26)20(27)13-17/h5-14H,3-4H2,1-2H3. The van der Waals surface area contributed by atoms with Crippen LogP contribution >= 0.6 is 0 Å². The number of halogens is 2. The molecule has 1 aromatic heterocycles. The Morgan fingerprint density at radius 1 is 1.03 bits per heavy atom. The fraction of sp³-hybridized carbons (Fsp3) is 0.120. The highest BCUT2D eigenvalue weighted by molar-refractivity contribution is 6.07. The molecule has 5 nitrogen and oxygen atoms in total. The highest BCUT2D eigenvalue weighted by atomic mass is 19.2. The third-order valence-electron chi connectivity index (χ3n) is 5.14. The van der Waals surface area contributed by atoms with Crippen LogP contribution in [0.5, 0.6) is 0 Å². The Hall–Kier alpha value is -4.00. The molecule has 0 N–H and O–H groups in total. The molecule has 3 aromatic rings. The number of carbonyl (C=O) groups is 2. The zero-order chi connectivity index (χ0) is 23.2. The molecule has 1 aliphatic rings. The van der Waals surface area contributed by atoms with Crippen molar-refractivity contribution in [1.82, 2.24) is 9.47 Å². The van der Waals surface area contributed by atoms with Crippen LogP contribution in [0.25, 0.3) is 22.6 Å². The third kappa shape index (κ3) is 3.41. The number of carbonyl (C=O) groups excluding carboxylic acids is 2. The molecule has 0 atom stereocenters. The largest absolute Gasteiger partial charge is 0.446 e. The number of nitrogens with zero attached hydrogens (tertiary/aromatic N) is 2. The van der Waals surface area contributed by atoms with Gasteiger partial charge in [0.25, 0.3) is 5.91 Å². The maximum Gasteiger partial charge on any atom is 0.419 e. The van der Waals surface area contributed by atoms with Crippen molar-refractivity contribution >= 4 is 34.6 Å². The van der Waals surface area contributed by atoms with Gasteiger partial charge in [0.05, 0.1) is 17.3 Å². The van der Waals surface area contributed by atoms with Crippen LogP contribution in [0, 0.1) is 11.6 Å². The molecule has 2 aromatic carbocycles. The van der Waals surface area contributed by atoms with E-state index in [2.05, 4.69) is 13.2 Å². The molecule has 1 aliphatic heterocycles. The molecule has 4 rings (SSSR count). The molecule has 0 saturated carbocycles. The van der Waals surface area contributed by atoms with Gasteiger partial charge in [0.1, 0.15) is 0 Å². The Morgan fingerprint density at radius 3 is 2.44 bits per heavy atom. The minimum atomic E-state index is -1.13. The minimum Gasteiger partial charge on any atom is -0.446 e. The molecule has 0 saturated heterocycles. The summed E-state index contributed by atoms with van der Waals surface area (Å²) in [6, 6.07) is 10.2. The van der Waals surface area contributed by atoms with Crippen LogP contribution in [-0.4, -0.2) is 27.6 Å². The molecular formula is C25H20F2N2O3. The highest BCUT2D eigenvalue weighted by Gasteiger charge is 2.29. The van der Waals surface area contributed by atoms with Gasteiger partial charge in [-0.3, -0.25) is 9.69 Å². The highest BCUT2D eigenvalue weighted by Crippen LogP contribution is 2.38. The molecule has 32 heavy (non-hydrogen) atoms. The predicted octanol–water partition coefficient (Wildman–Crippen LogP) is 5.97. The van der Waals surface area contributed by atoms with Gasteiger partial charge in [-0.15, -0.1) is 0 Å². The Morgan fingerprint density at radius 2 is 1.75 bits per heavy atom. The smallest absolute Gasteiger partial charge is 0.419 e. The molecule has 162 valence electrons. The Bertz CT molecular complexity index is 1330. The predicted molar refractivity (Wildman–Crippen MR) is 119 cm³/mol. The summed E-state index contributed by atoms with van der Waals surface area (Å²) in [5, 5.41) is 0.737. The van der Waals surface area contributed by atoms with Crippen LogP contribution in [0.4, 0.5) is 13.6 Å². The minimum absolute atomic E-state index is 0.0546. The first-order valence-corrected chi connectivity index (χ1v) is 9.90. The van der Waals surface area contributed by atoms with Gasteiger partial charge in [0.15, 0.2) is 11.6 Å². The lowest BCUT2D eigenvalue weighted by atomic mass is 10.0. The number of para-hydroxylation sites is 1. The van der Waals surface area contributed by atoms with Crippen molar-refractivity contribution in [2.45, 2.75) is 20.0 Å². The Labute approximate surface area is 183 Å². The molecule has 0 fully saturated rings. The van der Waals surface area contributed by atoms with Gasteiger partial charge in [-0.05, 0) is 44.2 Å². The Balaban J connectivity index is 1.86. The van der Waals surface area contributed by atoms with E-state index >= 15 is 0 Å². The summed E-state index contributed by atoms with van der Waals surface area (Å²) >= 11 is 0. The molecule has 0 unspecified atom stereocenters. The third-order valence-corrected chi connectivity index (χ3v) is 5.14. The summed E-state index contributed by atoms with van der Waals surface area (Å²) in [6.07, 6.45) is 2.11. The van der Waals surface area contributed by atoms with Crippen molar-refractivity contribution in [3.8, 4) is 0 Å². The number of fused-ring (bicyclic) bond motifs is 3. The zero-order valence-electron chi connectivity index (χ0n) is 17.6. The Kier molecular flexibility index (Phi) is 5.26. The number of allylic oxidation sites excluding steroid dienone is 1. The van der Waals surface area contributed by atoms with Crippen LogP contribution in [-0.2, 0) is 4.74 Å². The molecule has 1 amide bonds. The van der Waals surface area contributed by atoms with Crippen LogP contribution in [0.3, 0.4) is 0 Å². The monoisotopic (exact) mass is 434 g/mol. The molecule has 0 radical (unpaired) electrons. The maximum atomic E-state index is 13.7. The van der Waals surface area contributed by atoms with Gasteiger partial charge in [-0.1, -0.05) is 31.4 Å². The first-order valence-electron chi connectivity index (χ1n) is 9.90. The first kappa shape index (κ1) is 21.2. The lowest BCUT2D eigenvalue weighted by Gasteiger charge is -2.21. The van der Waals surface area contributed by atoms with Gasteiger partial charge in [0.2, 0.25) is 0 Å². The number of rotatable bonds is 2. The van der Waals surface area contributed by atoms with Crippen molar-refractivity contribution in [2.75, 3.05) is 0 Å². The number of ether oxygens (including phenoxy) is 1. The normalized spacial score (nSPS) is 13.5. The number of aromatic nitrogens is 1. The SMILES string of the molecule is C=C1C(=C)N(C(=O)c2ccc(F)c(F)c2)C=Cc2c1c1ccccc1n2C(=O)OC(C)C. The van der Waals surface area contributed by atoms with Crippen molar-refractivity contribution in [3.05, 3.63) is 96.0 Å². The maximum absolute atomic E-state index is 13.7. The summed E-state index contributed by atoms with van der Waals surface area (Å²) in [5.74, 6) is -2.79. The molecule has 0 aliphatic carbocycles. The lowest BCUT2D eigenvalue weighted by Crippen LogP contribution is -2.24. The summed E-state index contributed by atoms with van der Waals surface area (Å²) in [7, 11) is 0. The number of hydrogen-bond acceptors (Lipinski definition) is 3. The second-order valence-corrected chi connectivity index (χ2v) is 7.59. The summed E-state index contributed by atoms with van der Waals surface area (Å²) < 4.78 is 33.8. The second-order valence-electron chi connectivity index (χ2n) is 7.59. The average molecular weight is 434 g/mol. The van der Waals surface area contributed by atoms with Crippen molar-refractivity contribution in [2.24, 2.45) is 0 Å². The van der Waals surface area contributed by atoms with Gasteiger partial charge in [-0.2, -0.15) is 0 Å². The van der Waals surface area contributed by atoms with E-state index in [1.165, 1.54) is 21.7 Å². The van der Waals surface area contributed by atoms with E-state index in [9.17, 15) is 18.4 Å². The van der Waals surface area contributed by atoms with Gasteiger partial charge in [0, 0.05) is 34.0 Å². The van der Waals surface area contributed by atoms with E-state index in [1.807, 2.05) is 12.1 Å². The average Bonchev–Trinajstić information content (AvgIpc) is 3.02. The molecular weight excluding hydrogens is 414 g/mol. The van der Waals surface area contributed by atoms with Crippen molar-refractivity contribution < 1.29 is 23.1 Å². The van der Waals surface area contributed by atoms with Crippen LogP contribution < -0.4 is 0 Å². The molecule has 7 heteroatoms.